The fourth-order valence-electron chi connectivity index (χ4n) is 1.68. The molecule has 0 bridgehead atoms. The molecular formula is C11H22N2O2. The third-order valence-corrected chi connectivity index (χ3v) is 2.69. The molecule has 1 rings (SSSR count). The van der Waals surface area contributed by atoms with Crippen LogP contribution in [0.2, 0.25) is 0 Å². The maximum Gasteiger partial charge on any atom is 0.239 e. The van der Waals surface area contributed by atoms with Gasteiger partial charge >= 0.3 is 0 Å². The molecule has 1 fully saturated rings. The Bertz CT molecular complexity index is 205. The Morgan fingerprint density at radius 2 is 2.27 bits per heavy atom. The Labute approximate surface area is 91.8 Å². The highest BCUT2D eigenvalue weighted by atomic mass is 16.5. The summed E-state index contributed by atoms with van der Waals surface area (Å²) in [6, 6.07) is 0.0724. The van der Waals surface area contributed by atoms with Crippen molar-refractivity contribution in [1.82, 2.24) is 4.90 Å². The fourth-order valence-corrected chi connectivity index (χ4v) is 1.68. The zero-order valence-electron chi connectivity index (χ0n) is 9.74. The summed E-state index contributed by atoms with van der Waals surface area (Å²) >= 11 is 0. The normalized spacial score (nSPS) is 17.5. The maximum atomic E-state index is 12.0. The molecule has 15 heavy (non-hydrogen) atoms. The molecule has 1 aliphatic rings. The number of amides is 1. The van der Waals surface area contributed by atoms with E-state index in [0.717, 1.165) is 25.8 Å². The van der Waals surface area contributed by atoms with Crippen molar-refractivity contribution in [2.24, 2.45) is 5.73 Å². The third kappa shape index (κ3) is 3.80. The summed E-state index contributed by atoms with van der Waals surface area (Å²) in [6.07, 6.45) is 3.90. The predicted molar refractivity (Wildman–Crippen MR) is 59.5 cm³/mol. The number of nitrogens with zero attached hydrogens (tertiary/aromatic N) is 1. The second kappa shape index (κ2) is 6.08. The molecule has 1 saturated carbocycles. The summed E-state index contributed by atoms with van der Waals surface area (Å²) in [6.45, 7) is 3.48. The number of hydrogen-bond acceptors (Lipinski definition) is 3. The zero-order valence-corrected chi connectivity index (χ0v) is 9.74. The van der Waals surface area contributed by atoms with Gasteiger partial charge in [-0.25, -0.2) is 0 Å². The standard InChI is InChI=1S/C11H22N2O2/c1-3-7-13(9-4-5-9)11(14)10(12)6-8-15-2/h9-10H,3-8,12H2,1-2H3. The quantitative estimate of drug-likeness (QED) is 0.680. The average molecular weight is 214 g/mol. The summed E-state index contributed by atoms with van der Waals surface area (Å²) < 4.78 is 4.93. The average Bonchev–Trinajstić information content (AvgIpc) is 3.05. The monoisotopic (exact) mass is 214 g/mol. The molecule has 88 valence electrons. The van der Waals surface area contributed by atoms with E-state index in [2.05, 4.69) is 6.92 Å². The van der Waals surface area contributed by atoms with Gasteiger partial charge < -0.3 is 15.4 Å². The van der Waals surface area contributed by atoms with E-state index in [9.17, 15) is 4.79 Å². The van der Waals surface area contributed by atoms with Crippen LogP contribution in [0, 0.1) is 0 Å². The Balaban J connectivity index is 2.39. The highest BCUT2D eigenvalue weighted by molar-refractivity contribution is 5.82. The molecule has 0 aromatic rings. The number of carbonyl (C=O) groups is 1. The lowest BCUT2D eigenvalue weighted by Gasteiger charge is -2.25. The van der Waals surface area contributed by atoms with Crippen molar-refractivity contribution in [1.29, 1.82) is 0 Å². The van der Waals surface area contributed by atoms with Crippen LogP contribution in [-0.2, 0) is 9.53 Å². The first-order valence-corrected chi connectivity index (χ1v) is 5.75. The van der Waals surface area contributed by atoms with Crippen molar-refractivity contribution in [2.45, 2.75) is 44.7 Å². The van der Waals surface area contributed by atoms with Crippen LogP contribution in [0.4, 0.5) is 0 Å². The molecule has 4 nitrogen and oxygen atoms in total. The van der Waals surface area contributed by atoms with E-state index >= 15 is 0 Å². The van der Waals surface area contributed by atoms with E-state index in [1.807, 2.05) is 4.90 Å². The number of nitrogens with two attached hydrogens (primary N) is 1. The minimum absolute atomic E-state index is 0.0939. The molecule has 1 aliphatic carbocycles. The second-order valence-electron chi connectivity index (χ2n) is 4.15. The van der Waals surface area contributed by atoms with Gasteiger partial charge in [-0.3, -0.25) is 4.79 Å². The van der Waals surface area contributed by atoms with Crippen LogP contribution in [0.15, 0.2) is 0 Å². The summed E-state index contributed by atoms with van der Waals surface area (Å²) in [4.78, 5) is 13.9. The van der Waals surface area contributed by atoms with Crippen molar-refractivity contribution >= 4 is 5.91 Å². The van der Waals surface area contributed by atoms with Gasteiger partial charge in [0.25, 0.3) is 0 Å². The van der Waals surface area contributed by atoms with E-state index in [1.54, 1.807) is 7.11 Å². The Hall–Kier alpha value is -0.610. The molecule has 0 heterocycles. The van der Waals surface area contributed by atoms with Crippen LogP contribution in [0.5, 0.6) is 0 Å². The smallest absolute Gasteiger partial charge is 0.239 e. The molecule has 2 N–H and O–H groups in total. The van der Waals surface area contributed by atoms with Crippen LogP contribution in [-0.4, -0.2) is 43.2 Å². The largest absolute Gasteiger partial charge is 0.385 e. The molecule has 0 radical (unpaired) electrons. The first-order chi connectivity index (χ1) is 7.20. The molecule has 0 saturated heterocycles. The van der Waals surface area contributed by atoms with Gasteiger partial charge in [0.05, 0.1) is 6.04 Å². The zero-order chi connectivity index (χ0) is 11.3. The molecule has 1 amide bonds. The number of rotatable bonds is 7. The second-order valence-corrected chi connectivity index (χ2v) is 4.15. The summed E-state index contributed by atoms with van der Waals surface area (Å²) in [7, 11) is 1.63. The van der Waals surface area contributed by atoms with Crippen molar-refractivity contribution in [3.8, 4) is 0 Å². The number of hydrogen-bond donors (Lipinski definition) is 1. The molecule has 0 spiro atoms. The highest BCUT2D eigenvalue weighted by Gasteiger charge is 2.33. The Kier molecular flexibility index (Phi) is 5.05. The van der Waals surface area contributed by atoms with E-state index in [4.69, 9.17) is 10.5 Å². The van der Waals surface area contributed by atoms with Gasteiger partial charge in [-0.2, -0.15) is 0 Å². The van der Waals surface area contributed by atoms with Crippen molar-refractivity contribution in [3.63, 3.8) is 0 Å². The fraction of sp³-hybridized carbons (Fsp3) is 0.909. The lowest BCUT2D eigenvalue weighted by atomic mass is 10.2. The Morgan fingerprint density at radius 1 is 1.60 bits per heavy atom. The first kappa shape index (κ1) is 12.5. The highest BCUT2D eigenvalue weighted by Crippen LogP contribution is 2.27. The minimum Gasteiger partial charge on any atom is -0.385 e. The molecule has 1 unspecified atom stereocenters. The number of ether oxygens (including phenoxy) is 1. The van der Waals surface area contributed by atoms with Crippen LogP contribution in [0.3, 0.4) is 0 Å². The van der Waals surface area contributed by atoms with Gasteiger partial charge in [-0.15, -0.1) is 0 Å². The molecule has 4 heteroatoms. The topological polar surface area (TPSA) is 55.6 Å². The molecule has 0 aromatic heterocycles. The van der Waals surface area contributed by atoms with Crippen LogP contribution in [0.1, 0.15) is 32.6 Å². The van der Waals surface area contributed by atoms with Crippen LogP contribution >= 0.6 is 0 Å². The van der Waals surface area contributed by atoms with Gasteiger partial charge in [-0.1, -0.05) is 6.92 Å². The SMILES string of the molecule is CCCN(C(=O)C(N)CCOC)C1CC1. The van der Waals surface area contributed by atoms with Gasteiger partial charge in [0, 0.05) is 26.3 Å². The Morgan fingerprint density at radius 3 is 2.73 bits per heavy atom. The van der Waals surface area contributed by atoms with Gasteiger partial charge in [0.1, 0.15) is 0 Å². The lowest BCUT2D eigenvalue weighted by Crippen LogP contribution is -2.45. The summed E-state index contributed by atoms with van der Waals surface area (Å²) in [5, 5.41) is 0. The van der Waals surface area contributed by atoms with Gasteiger partial charge in [0.2, 0.25) is 5.91 Å². The van der Waals surface area contributed by atoms with Gasteiger partial charge in [0.15, 0.2) is 0 Å². The van der Waals surface area contributed by atoms with Crippen LogP contribution in [0.25, 0.3) is 0 Å². The summed E-state index contributed by atoms with van der Waals surface area (Å²) in [5.41, 5.74) is 5.83. The maximum absolute atomic E-state index is 12.0. The van der Waals surface area contributed by atoms with Crippen molar-refractivity contribution in [2.75, 3.05) is 20.3 Å². The number of carbonyl (C=O) groups excluding carboxylic acids is 1. The number of methoxy groups -OCH3 is 1. The minimum atomic E-state index is -0.392. The third-order valence-electron chi connectivity index (χ3n) is 2.69. The molecule has 0 aliphatic heterocycles. The van der Waals surface area contributed by atoms with Crippen LogP contribution < -0.4 is 5.73 Å². The van der Waals surface area contributed by atoms with E-state index in [-0.39, 0.29) is 5.91 Å². The predicted octanol–water partition coefficient (Wildman–Crippen LogP) is 0.751. The van der Waals surface area contributed by atoms with Gasteiger partial charge in [-0.05, 0) is 25.7 Å². The van der Waals surface area contributed by atoms with Crippen molar-refractivity contribution in [3.05, 3.63) is 0 Å². The summed E-state index contributed by atoms with van der Waals surface area (Å²) in [5.74, 6) is 0.0939. The lowest BCUT2D eigenvalue weighted by molar-refractivity contribution is -0.133. The van der Waals surface area contributed by atoms with E-state index in [0.29, 0.717) is 19.1 Å². The molecule has 1 atom stereocenters. The van der Waals surface area contributed by atoms with E-state index < -0.39 is 6.04 Å². The van der Waals surface area contributed by atoms with E-state index in [1.165, 1.54) is 0 Å². The van der Waals surface area contributed by atoms with Crippen molar-refractivity contribution < 1.29 is 9.53 Å². The first-order valence-electron chi connectivity index (χ1n) is 5.75. The molecular weight excluding hydrogens is 192 g/mol. The molecule has 0 aromatic carbocycles.